The lowest BCUT2D eigenvalue weighted by Crippen LogP contribution is -2.58. The second kappa shape index (κ2) is 47.6. The fraction of sp³-hybridized carbons (Fsp3) is 0.892. The van der Waals surface area contributed by atoms with Crippen molar-refractivity contribution in [2.75, 3.05) is 112 Å². The van der Waals surface area contributed by atoms with E-state index in [-0.39, 0.29) is 71.2 Å². The molecule has 7 atom stereocenters. The van der Waals surface area contributed by atoms with Crippen molar-refractivity contribution in [1.82, 2.24) is 0 Å². The topological polar surface area (TPSA) is 392 Å². The van der Waals surface area contributed by atoms with Crippen molar-refractivity contribution in [1.29, 1.82) is 0 Å². The molecule has 7 heterocycles. The van der Waals surface area contributed by atoms with Crippen LogP contribution in [0.3, 0.4) is 0 Å². The molecule has 0 amide bonds. The van der Waals surface area contributed by atoms with Gasteiger partial charge in [-0.25, -0.2) is 47.9 Å². The molecule has 7 unspecified atom stereocenters. The fourth-order valence-electron chi connectivity index (χ4n) is 21.1. The summed E-state index contributed by atoms with van der Waals surface area (Å²) in [6.07, 6.45) is 26.1. The summed E-state index contributed by atoms with van der Waals surface area (Å²) in [5.74, 6) is -38.0. The predicted octanol–water partition coefficient (Wildman–Crippen LogP) is 13.7. The second-order valence-electron chi connectivity index (χ2n) is 40.4. The number of alkyl halides is 14. The van der Waals surface area contributed by atoms with Crippen LogP contribution >= 0.6 is 0 Å². The standard InChI is InChI=1S/C18H24F2O6.C16H22F2O4.C14H20F2O6.C13H18F2O6.C12H18F2O4.C11H16F2O4.C9H14F2O4/c1-17(19,20)16(22)24-9-15(21)23-7-14-8-25-18(26-14)12-3-10-2-11(5-12)6-13(18)4-10;1-15(17,18)14(19)20-7-13-8-21-16(22-13)11-3-9-2-10(5-11)6-12(16)4-9;1-13(15,16)12(18)20-9-11(17)19-7-10-8-21-14(22-10)5-3-2-4-6-14;1-12(14,15)11(17)19-8-10(16)18-6-9-7-20-13(21-9)4-2-3-5-13;1-11(13,14)10(15)16-7-9-8-17-12(18-9)5-3-2-4-6-12;1-10(12,13)9(14)15-6-8-7-16-11(17-8)4-2-3-5-11;1-8(2)14-5-6(15-8)4-13-7(12)9(3,10)11/h10-14H,2-9H2,1H3;9-13H,2-8H2,1H3;10H,2-9H2,1H3;9H,2-8H2,1H3;9H,2-8H2,1H3;8H,2-7H2,1H3;6H,4-5H2,1-3H3. The highest BCUT2D eigenvalue weighted by atomic mass is 19.3. The van der Waals surface area contributed by atoms with Crippen LogP contribution in [0.2, 0.25) is 0 Å². The molecule has 12 aliphatic carbocycles. The zero-order chi connectivity index (χ0) is 103. The number of carbonyl (C=O) groups excluding carboxylic acids is 10. The summed E-state index contributed by atoms with van der Waals surface area (Å²) in [6.45, 7) is 5.40. The molecule has 19 rings (SSSR count). The first-order valence-corrected chi connectivity index (χ1v) is 48.3. The van der Waals surface area contributed by atoms with Crippen LogP contribution in [0.15, 0.2) is 0 Å². The minimum atomic E-state index is -3.63. The van der Waals surface area contributed by atoms with Crippen molar-refractivity contribution in [2.45, 2.75) is 367 Å². The average molecular weight is 2060 g/mol. The van der Waals surface area contributed by atoms with Crippen LogP contribution in [0.1, 0.15) is 242 Å². The number of halogens is 14. The van der Waals surface area contributed by atoms with Crippen LogP contribution in [0, 0.1) is 47.3 Å². The normalized spacial score (nSPS) is 31.7. The molecule has 0 radical (unpaired) electrons. The van der Waals surface area contributed by atoms with E-state index in [0.29, 0.717) is 112 Å². The van der Waals surface area contributed by atoms with E-state index in [0.717, 1.165) is 191 Å². The van der Waals surface area contributed by atoms with E-state index in [1.54, 1.807) is 13.8 Å². The summed E-state index contributed by atoms with van der Waals surface area (Å²) in [5.41, 5.74) is 0. The third-order valence-corrected chi connectivity index (χ3v) is 27.3. The predicted molar refractivity (Wildman–Crippen MR) is 447 cm³/mol. The maximum Gasteiger partial charge on any atom is 0.377 e. The highest BCUT2D eigenvalue weighted by Gasteiger charge is 2.65. The molecule has 0 aromatic heterocycles. The molecule has 7 saturated heterocycles. The van der Waals surface area contributed by atoms with Gasteiger partial charge in [0.05, 0.1) is 46.2 Å². The van der Waals surface area contributed by atoms with Crippen LogP contribution in [0.5, 0.6) is 0 Å². The Hall–Kier alpha value is -6.84. The van der Waals surface area contributed by atoms with Crippen molar-refractivity contribution in [3.8, 4) is 0 Å². The Morgan fingerprint density at radius 2 is 0.418 bits per heavy atom. The lowest BCUT2D eigenvalue weighted by molar-refractivity contribution is -0.295. The molecule has 8 bridgehead atoms. The molecule has 7 aliphatic heterocycles. The van der Waals surface area contributed by atoms with E-state index in [9.17, 15) is 109 Å². The SMILES string of the molecule is CC(F)(F)C(=O)OCC(=O)OCC1COC2(CCCC2)O1.CC(F)(F)C(=O)OCC(=O)OCC1COC2(CCCCC2)O1.CC(F)(F)C(=O)OCC(=O)OCC1COC2(O1)C1CC3CC(C1)CC2C3.CC(F)(F)C(=O)OCC1COC2(CCCC2)O1.CC(F)(F)C(=O)OCC1COC2(CCCCC2)O1.CC(F)(F)C(=O)OCC1COC2(O1)C1CC3CC(C1)CC2C3.CC1(C)OCC(COC(=O)C(C)(F)F)O1. The first-order valence-electron chi connectivity index (χ1n) is 48.3. The van der Waals surface area contributed by atoms with Gasteiger partial charge in [-0.05, 0) is 153 Å². The van der Waals surface area contributed by atoms with Gasteiger partial charge in [0.15, 0.2) is 60.3 Å². The van der Waals surface area contributed by atoms with Crippen molar-refractivity contribution < 1.29 is 223 Å². The van der Waals surface area contributed by atoms with E-state index in [1.165, 1.54) is 12.8 Å². The number of hydrogen-bond acceptors (Lipinski definition) is 34. The Bertz CT molecular complexity index is 4100. The molecule has 6 spiro atoms. The molecular formula is C93H132F14O34. The third-order valence-electron chi connectivity index (χ3n) is 27.3. The smallest absolute Gasteiger partial charge is 0.377 e. The Labute approximate surface area is 806 Å². The van der Waals surface area contributed by atoms with Crippen molar-refractivity contribution in [3.05, 3.63) is 0 Å². The van der Waals surface area contributed by atoms with E-state index < -0.39 is 186 Å². The molecular weight excluding hydrogens is 1930 g/mol. The van der Waals surface area contributed by atoms with E-state index in [4.69, 9.17) is 80.5 Å². The number of carbonyl (C=O) groups is 10. The summed E-state index contributed by atoms with van der Waals surface area (Å²) in [7, 11) is 0. The van der Waals surface area contributed by atoms with Gasteiger partial charge >= 0.3 is 101 Å². The van der Waals surface area contributed by atoms with E-state index in [1.807, 2.05) is 0 Å². The molecule has 12 saturated carbocycles. The van der Waals surface area contributed by atoms with Crippen molar-refractivity contribution >= 4 is 59.7 Å². The molecule has 0 aromatic carbocycles. The summed E-state index contributed by atoms with van der Waals surface area (Å²) in [5, 5.41) is 0. The maximum absolute atomic E-state index is 12.8. The Kier molecular flexibility index (Phi) is 38.6. The van der Waals surface area contributed by atoms with Crippen LogP contribution in [-0.2, 0) is 162 Å². The fourth-order valence-corrected chi connectivity index (χ4v) is 21.1. The van der Waals surface area contributed by atoms with E-state index in [2.05, 4.69) is 33.2 Å². The number of rotatable bonds is 27. The number of esters is 10. The highest BCUT2D eigenvalue weighted by Crippen LogP contribution is 2.63. The summed E-state index contributed by atoms with van der Waals surface area (Å²) in [4.78, 5) is 110. The first-order chi connectivity index (χ1) is 65.8. The minimum absolute atomic E-state index is 0.0348. The van der Waals surface area contributed by atoms with Gasteiger partial charge in [0.25, 0.3) is 0 Å². The van der Waals surface area contributed by atoms with Crippen LogP contribution in [0.4, 0.5) is 61.5 Å². The van der Waals surface area contributed by atoms with Gasteiger partial charge < -0.3 is 114 Å². The molecule has 141 heavy (non-hydrogen) atoms. The first kappa shape index (κ1) is 114. The van der Waals surface area contributed by atoms with Crippen LogP contribution in [-0.4, -0.2) is 297 Å². The molecule has 0 N–H and O–H groups in total. The minimum Gasteiger partial charge on any atom is -0.460 e. The number of ether oxygens (including phenoxy) is 24. The van der Waals surface area contributed by atoms with Gasteiger partial charge in [0.1, 0.15) is 89.0 Å². The molecule has 48 heteroatoms. The van der Waals surface area contributed by atoms with Gasteiger partial charge in [-0.1, -0.05) is 12.8 Å². The lowest BCUT2D eigenvalue weighted by atomic mass is 9.53. The van der Waals surface area contributed by atoms with Gasteiger partial charge in [-0.15, -0.1) is 0 Å². The Morgan fingerprint density at radius 3 is 0.631 bits per heavy atom. The molecule has 0 aromatic rings. The largest absolute Gasteiger partial charge is 0.460 e. The van der Waals surface area contributed by atoms with E-state index >= 15 is 0 Å². The zero-order valence-electron chi connectivity index (χ0n) is 80.7. The van der Waals surface area contributed by atoms with Gasteiger partial charge in [0.2, 0.25) is 0 Å². The zero-order valence-corrected chi connectivity index (χ0v) is 80.7. The summed E-state index contributed by atoms with van der Waals surface area (Å²) >= 11 is 0. The monoisotopic (exact) mass is 2060 g/mol. The summed E-state index contributed by atoms with van der Waals surface area (Å²) < 4.78 is 302. The van der Waals surface area contributed by atoms with Crippen molar-refractivity contribution in [2.24, 2.45) is 47.3 Å². The van der Waals surface area contributed by atoms with Gasteiger partial charge in [0, 0.05) is 124 Å². The van der Waals surface area contributed by atoms with Crippen LogP contribution < -0.4 is 0 Å². The Balaban J connectivity index is 0.000000158. The maximum atomic E-state index is 12.8. The Morgan fingerprint density at radius 1 is 0.234 bits per heavy atom. The molecule has 806 valence electrons. The second-order valence-corrected chi connectivity index (χ2v) is 40.4. The number of hydrogen-bond donors (Lipinski definition) is 0. The molecule has 19 aliphatic rings. The van der Waals surface area contributed by atoms with Crippen molar-refractivity contribution in [3.63, 3.8) is 0 Å². The molecule has 19 fully saturated rings. The van der Waals surface area contributed by atoms with Gasteiger partial charge in [-0.2, -0.15) is 61.5 Å². The third kappa shape index (κ3) is 32.8. The summed E-state index contributed by atoms with van der Waals surface area (Å²) in [6, 6.07) is 0. The van der Waals surface area contributed by atoms with Gasteiger partial charge in [-0.3, -0.25) is 0 Å². The quantitative estimate of drug-likeness (QED) is 0.0419. The van der Waals surface area contributed by atoms with Crippen LogP contribution in [0.25, 0.3) is 0 Å². The lowest BCUT2D eigenvalue weighted by Gasteiger charge is -2.58. The average Bonchev–Trinajstić information content (AvgIpc) is 1.64. The highest BCUT2D eigenvalue weighted by molar-refractivity contribution is 5.82. The molecule has 34 nitrogen and oxygen atoms in total.